The van der Waals surface area contributed by atoms with Crippen LogP contribution in [0.3, 0.4) is 0 Å². The van der Waals surface area contributed by atoms with Gasteiger partial charge in [0.05, 0.1) is 0 Å². The number of rotatable bonds is 4. The molecule has 0 aliphatic rings. The lowest BCUT2D eigenvalue weighted by Gasteiger charge is -1.94. The summed E-state index contributed by atoms with van der Waals surface area (Å²) in [5.74, 6) is -3.58. The Morgan fingerprint density at radius 1 is 1.22 bits per heavy atom. The van der Waals surface area contributed by atoms with Crippen molar-refractivity contribution in [3.63, 3.8) is 0 Å². The molecule has 2 heterocycles. The van der Waals surface area contributed by atoms with Crippen LogP contribution < -0.4 is 4.68 Å². The molecule has 2 N–H and O–H groups in total. The first-order valence-corrected chi connectivity index (χ1v) is 6.81. The lowest BCUT2D eigenvalue weighted by atomic mass is 10.2. The highest BCUT2D eigenvalue weighted by molar-refractivity contribution is 7.03. The van der Waals surface area contributed by atoms with E-state index in [9.17, 15) is 18.0 Å². The Kier molecular flexibility index (Phi) is 6.57. The van der Waals surface area contributed by atoms with Crippen molar-refractivity contribution in [2.75, 3.05) is 0 Å². The molecule has 11 heteroatoms. The fourth-order valence-electron chi connectivity index (χ4n) is 1.24. The summed E-state index contributed by atoms with van der Waals surface area (Å²) in [5, 5.41) is 21.7. The van der Waals surface area contributed by atoms with E-state index in [1.165, 1.54) is 11.5 Å². The molecule has 2 aromatic rings. The Balaban J connectivity index is 0.000000322. The zero-order chi connectivity index (χ0) is 17.5. The Labute approximate surface area is 131 Å². The number of aliphatic carboxylic acids is 2. The maximum absolute atomic E-state index is 10.6. The number of halogens is 3. The summed E-state index contributed by atoms with van der Waals surface area (Å²) in [7, 11) is 0. The minimum Gasteiger partial charge on any atom is -0.481 e. The summed E-state index contributed by atoms with van der Waals surface area (Å²) in [6.45, 7) is 0.386. The van der Waals surface area contributed by atoms with Gasteiger partial charge in [-0.2, -0.15) is 13.2 Å². The van der Waals surface area contributed by atoms with Crippen molar-refractivity contribution in [2.24, 2.45) is 0 Å². The lowest BCUT2D eigenvalue weighted by Crippen LogP contribution is -2.38. The molecule has 0 aromatic carbocycles. The molecule has 0 bridgehead atoms. The third-order valence-corrected chi connectivity index (χ3v) is 2.92. The molecule has 0 fully saturated rings. The highest BCUT2D eigenvalue weighted by atomic mass is 32.1. The van der Waals surface area contributed by atoms with Crippen LogP contribution in [0.25, 0.3) is 11.1 Å². The number of alkyl halides is 3. The second-order valence-electron chi connectivity index (χ2n) is 4.04. The molecule has 0 amide bonds. The molecule has 0 aliphatic carbocycles. The normalized spacial score (nSPS) is 10.6. The maximum Gasteiger partial charge on any atom is 0.490 e. The van der Waals surface area contributed by atoms with Crippen LogP contribution in [0.4, 0.5) is 13.2 Å². The molecule has 0 atom stereocenters. The van der Waals surface area contributed by atoms with Crippen LogP contribution >= 0.6 is 11.5 Å². The molecular formula is C12H11F3N3O4S+. The van der Waals surface area contributed by atoms with Crippen molar-refractivity contribution >= 4 is 23.5 Å². The van der Waals surface area contributed by atoms with Gasteiger partial charge in [-0.1, -0.05) is 4.68 Å². The van der Waals surface area contributed by atoms with E-state index in [4.69, 9.17) is 15.0 Å². The first-order chi connectivity index (χ1) is 10.7. The van der Waals surface area contributed by atoms with E-state index in [0.29, 0.717) is 6.54 Å². The molecule has 0 saturated carbocycles. The van der Waals surface area contributed by atoms with E-state index in [1.54, 1.807) is 23.3 Å². The van der Waals surface area contributed by atoms with E-state index in [-0.39, 0.29) is 6.42 Å². The van der Waals surface area contributed by atoms with Gasteiger partial charge in [0.15, 0.2) is 12.7 Å². The molecule has 0 saturated heterocycles. The van der Waals surface area contributed by atoms with Gasteiger partial charge in [-0.05, 0) is 16.6 Å². The van der Waals surface area contributed by atoms with Crippen LogP contribution in [0.5, 0.6) is 0 Å². The fraction of sp³-hybridized carbons (Fsp3) is 0.250. The van der Waals surface area contributed by atoms with E-state index >= 15 is 0 Å². The summed E-state index contributed by atoms with van der Waals surface area (Å²) >= 11 is 1.39. The SMILES string of the molecule is O=C(O)C(F)(F)F.O=C(O)CC[n+]1ccc(-c2cnsc2)cn1. The lowest BCUT2D eigenvalue weighted by molar-refractivity contribution is -0.752. The summed E-state index contributed by atoms with van der Waals surface area (Å²) in [5.41, 5.74) is 2.02. The van der Waals surface area contributed by atoms with Crippen molar-refractivity contribution in [1.82, 2.24) is 9.47 Å². The molecule has 0 spiro atoms. The highest BCUT2D eigenvalue weighted by Gasteiger charge is 2.38. The Morgan fingerprint density at radius 3 is 2.26 bits per heavy atom. The molecule has 0 unspecified atom stereocenters. The third kappa shape index (κ3) is 6.82. The molecule has 7 nitrogen and oxygen atoms in total. The predicted molar refractivity (Wildman–Crippen MR) is 71.5 cm³/mol. The Hall–Kier alpha value is -2.56. The summed E-state index contributed by atoms with van der Waals surface area (Å²) < 4.78 is 37.4. The minimum atomic E-state index is -5.08. The van der Waals surface area contributed by atoms with Crippen LogP contribution in [-0.4, -0.2) is 37.8 Å². The average molecular weight is 350 g/mol. The summed E-state index contributed by atoms with van der Waals surface area (Å²) in [6, 6.07) is 1.90. The zero-order valence-electron chi connectivity index (χ0n) is 11.4. The van der Waals surface area contributed by atoms with Crippen LogP contribution in [0.1, 0.15) is 6.42 Å². The minimum absolute atomic E-state index is 0.0804. The number of nitrogens with zero attached hydrogens (tertiary/aromatic N) is 3. The second kappa shape index (κ2) is 8.17. The topological polar surface area (TPSA) is 104 Å². The van der Waals surface area contributed by atoms with Gasteiger partial charge in [0.1, 0.15) is 12.6 Å². The molecular weight excluding hydrogens is 339 g/mol. The number of hydrogen-bond acceptors (Lipinski definition) is 5. The van der Waals surface area contributed by atoms with Crippen molar-refractivity contribution in [3.8, 4) is 11.1 Å². The van der Waals surface area contributed by atoms with Crippen LogP contribution in [0.2, 0.25) is 0 Å². The van der Waals surface area contributed by atoms with Gasteiger partial charge in [-0.3, -0.25) is 4.79 Å². The number of aryl methyl sites for hydroxylation is 1. The number of carboxylic acid groups (broad SMARTS) is 2. The molecule has 23 heavy (non-hydrogen) atoms. The molecule has 2 aromatic heterocycles. The van der Waals surface area contributed by atoms with Crippen molar-refractivity contribution < 1.29 is 37.7 Å². The molecule has 0 aliphatic heterocycles. The standard InChI is InChI=1S/C10H9N3O2S.C2HF3O2/c14-10(15)2-4-13-3-1-8(5-11-13)9-6-12-16-7-9;3-2(4,5)1(6)7/h1,3,5-7H,2,4H2;(H,6,7)/p+1. The Morgan fingerprint density at radius 2 is 1.87 bits per heavy atom. The van der Waals surface area contributed by atoms with E-state index in [1.807, 2.05) is 11.4 Å². The monoisotopic (exact) mass is 350 g/mol. The van der Waals surface area contributed by atoms with Crippen molar-refractivity contribution in [3.05, 3.63) is 30.0 Å². The Bertz CT molecular complexity index is 645. The van der Waals surface area contributed by atoms with Crippen LogP contribution in [0, 0.1) is 0 Å². The van der Waals surface area contributed by atoms with Gasteiger partial charge < -0.3 is 10.2 Å². The van der Waals surface area contributed by atoms with E-state index in [2.05, 4.69) is 9.47 Å². The fourth-order valence-corrected chi connectivity index (χ4v) is 1.79. The molecule has 124 valence electrons. The average Bonchev–Trinajstić information content (AvgIpc) is 2.99. The van der Waals surface area contributed by atoms with Gasteiger partial charge in [0.25, 0.3) is 0 Å². The quantitative estimate of drug-likeness (QED) is 0.812. The van der Waals surface area contributed by atoms with Crippen molar-refractivity contribution in [1.29, 1.82) is 0 Å². The maximum atomic E-state index is 10.6. The zero-order valence-corrected chi connectivity index (χ0v) is 12.2. The molecule has 2 rings (SSSR count). The van der Waals surface area contributed by atoms with Gasteiger partial charge in [0, 0.05) is 28.8 Å². The molecule has 0 radical (unpaired) electrons. The van der Waals surface area contributed by atoms with Crippen molar-refractivity contribution in [2.45, 2.75) is 19.1 Å². The van der Waals surface area contributed by atoms with Gasteiger partial charge >= 0.3 is 18.1 Å². The van der Waals surface area contributed by atoms with Gasteiger partial charge in [0.2, 0.25) is 0 Å². The van der Waals surface area contributed by atoms with Gasteiger partial charge in [-0.15, -0.1) is 0 Å². The highest BCUT2D eigenvalue weighted by Crippen LogP contribution is 2.17. The smallest absolute Gasteiger partial charge is 0.481 e. The van der Waals surface area contributed by atoms with Crippen LogP contribution in [0.15, 0.2) is 30.0 Å². The largest absolute Gasteiger partial charge is 0.490 e. The van der Waals surface area contributed by atoms with Gasteiger partial charge in [-0.25, -0.2) is 9.17 Å². The number of hydrogen-bond donors (Lipinski definition) is 2. The number of aromatic nitrogens is 3. The third-order valence-electron chi connectivity index (χ3n) is 2.33. The predicted octanol–water partition coefficient (Wildman–Crippen LogP) is 1.60. The van der Waals surface area contributed by atoms with Crippen LogP contribution in [-0.2, 0) is 16.1 Å². The second-order valence-corrected chi connectivity index (χ2v) is 4.70. The first kappa shape index (κ1) is 18.5. The van der Waals surface area contributed by atoms with E-state index in [0.717, 1.165) is 11.1 Å². The number of carbonyl (C=O) groups is 2. The first-order valence-electron chi connectivity index (χ1n) is 5.97. The number of carboxylic acids is 2. The van der Waals surface area contributed by atoms with E-state index < -0.39 is 18.1 Å². The summed E-state index contributed by atoms with van der Waals surface area (Å²) in [4.78, 5) is 19.3. The summed E-state index contributed by atoms with van der Waals surface area (Å²) in [6.07, 6.45) is 0.266.